The zero-order valence-electron chi connectivity index (χ0n) is 9.56. The van der Waals surface area contributed by atoms with Crippen molar-refractivity contribution in [2.45, 2.75) is 6.92 Å². The van der Waals surface area contributed by atoms with E-state index in [1.54, 1.807) is 12.1 Å². The molecule has 1 N–H and O–H groups in total. The first kappa shape index (κ1) is 15.5. The van der Waals surface area contributed by atoms with Crippen molar-refractivity contribution < 1.29 is 4.79 Å². The van der Waals surface area contributed by atoms with Crippen LogP contribution in [0.15, 0.2) is 30.2 Å². The van der Waals surface area contributed by atoms with E-state index in [4.69, 9.17) is 11.6 Å². The van der Waals surface area contributed by atoms with Gasteiger partial charge in [0.1, 0.15) is 0 Å². The fourth-order valence-corrected chi connectivity index (χ4v) is 4.94. The summed E-state index contributed by atoms with van der Waals surface area (Å²) in [4.78, 5) is 12.2. The normalized spacial score (nSPS) is 10.6. The van der Waals surface area contributed by atoms with Crippen LogP contribution < -0.4 is 5.32 Å². The third-order valence-electron chi connectivity index (χ3n) is 2.40. The molecule has 0 atom stereocenters. The predicted molar refractivity (Wildman–Crippen MR) is 91.6 cm³/mol. The molecule has 0 bridgehead atoms. The van der Waals surface area contributed by atoms with Crippen LogP contribution in [-0.2, 0) is 0 Å². The summed E-state index contributed by atoms with van der Waals surface area (Å²) in [7, 11) is 0. The van der Waals surface area contributed by atoms with E-state index in [0.29, 0.717) is 16.3 Å². The molecule has 0 saturated carbocycles. The van der Waals surface area contributed by atoms with Crippen LogP contribution in [0.5, 0.6) is 0 Å². The van der Waals surface area contributed by atoms with Crippen molar-refractivity contribution in [3.63, 3.8) is 0 Å². The minimum Gasteiger partial charge on any atom is -0.321 e. The van der Waals surface area contributed by atoms with Crippen LogP contribution in [-0.4, -0.2) is 5.91 Å². The Morgan fingerprint density at radius 2 is 1.95 bits per heavy atom. The van der Waals surface area contributed by atoms with Crippen LogP contribution in [0.25, 0.3) is 0 Å². The van der Waals surface area contributed by atoms with Crippen molar-refractivity contribution in [3.05, 3.63) is 46.4 Å². The Balaban J connectivity index is 2.29. The van der Waals surface area contributed by atoms with Crippen LogP contribution in [0.1, 0.15) is 15.9 Å². The molecule has 0 saturated heterocycles. The molecule has 19 heavy (non-hydrogen) atoms. The Morgan fingerprint density at radius 1 is 1.26 bits per heavy atom. The number of aryl methyl sites for hydroxylation is 1. The maximum Gasteiger partial charge on any atom is 0.257 e. The van der Waals surface area contributed by atoms with Gasteiger partial charge >= 0.3 is 0 Å². The van der Waals surface area contributed by atoms with E-state index < -0.39 is 0 Å². The van der Waals surface area contributed by atoms with Crippen LogP contribution >= 0.6 is 70.7 Å². The SMILES string of the molecule is Cc1cc(Br)c(NC(=O)c2cc(Br)sc2Br)cc1Cl. The highest BCUT2D eigenvalue weighted by molar-refractivity contribution is 9.12. The number of amides is 1. The topological polar surface area (TPSA) is 29.1 Å². The monoisotopic (exact) mass is 485 g/mol. The Bertz CT molecular complexity index is 657. The molecule has 1 amide bonds. The van der Waals surface area contributed by atoms with Crippen molar-refractivity contribution in [2.75, 3.05) is 5.32 Å². The van der Waals surface area contributed by atoms with Crippen molar-refractivity contribution in [2.24, 2.45) is 0 Å². The average molecular weight is 488 g/mol. The van der Waals surface area contributed by atoms with Crippen molar-refractivity contribution in [1.29, 1.82) is 0 Å². The Hall–Kier alpha value is 0.120. The number of carbonyl (C=O) groups excluding carboxylic acids is 1. The minimum absolute atomic E-state index is 0.186. The lowest BCUT2D eigenvalue weighted by Gasteiger charge is -2.09. The molecule has 0 fully saturated rings. The zero-order valence-corrected chi connectivity index (χ0v) is 15.9. The summed E-state index contributed by atoms with van der Waals surface area (Å²) in [6.45, 7) is 1.91. The van der Waals surface area contributed by atoms with Gasteiger partial charge in [-0.2, -0.15) is 0 Å². The molecule has 7 heteroatoms. The fraction of sp³-hybridized carbons (Fsp3) is 0.0833. The molecular formula is C12H7Br3ClNOS. The molecule has 2 aromatic rings. The molecule has 0 aliphatic rings. The number of carbonyl (C=O) groups is 1. The van der Waals surface area contributed by atoms with E-state index in [9.17, 15) is 4.79 Å². The van der Waals surface area contributed by atoms with Gasteiger partial charge < -0.3 is 5.32 Å². The summed E-state index contributed by atoms with van der Waals surface area (Å²) in [6.07, 6.45) is 0. The lowest BCUT2D eigenvalue weighted by molar-refractivity contribution is 0.102. The molecular weight excluding hydrogens is 481 g/mol. The first-order valence-corrected chi connectivity index (χ1v) is 8.67. The summed E-state index contributed by atoms with van der Waals surface area (Å²) in [6, 6.07) is 5.37. The van der Waals surface area contributed by atoms with Gasteiger partial charge in [-0.05, 0) is 78.5 Å². The molecule has 0 unspecified atom stereocenters. The second kappa shape index (κ2) is 6.26. The maximum atomic E-state index is 12.2. The van der Waals surface area contributed by atoms with E-state index >= 15 is 0 Å². The molecule has 1 heterocycles. The number of nitrogens with one attached hydrogen (secondary N) is 1. The van der Waals surface area contributed by atoms with Crippen molar-refractivity contribution in [1.82, 2.24) is 0 Å². The number of rotatable bonds is 2. The molecule has 2 nitrogen and oxygen atoms in total. The van der Waals surface area contributed by atoms with Gasteiger partial charge in [0.25, 0.3) is 5.91 Å². The lowest BCUT2D eigenvalue weighted by Crippen LogP contribution is -2.12. The molecule has 0 aliphatic heterocycles. The molecule has 1 aromatic heterocycles. The zero-order chi connectivity index (χ0) is 14.2. The number of thiophene rings is 1. The highest BCUT2D eigenvalue weighted by Crippen LogP contribution is 2.34. The van der Waals surface area contributed by atoms with E-state index in [0.717, 1.165) is 17.6 Å². The molecule has 0 spiro atoms. The maximum absolute atomic E-state index is 12.2. The Labute approximate surface area is 144 Å². The van der Waals surface area contributed by atoms with Gasteiger partial charge in [-0.15, -0.1) is 11.3 Å². The number of anilines is 1. The van der Waals surface area contributed by atoms with E-state index in [2.05, 4.69) is 53.1 Å². The van der Waals surface area contributed by atoms with Gasteiger partial charge in [0.15, 0.2) is 0 Å². The Kier molecular flexibility index (Phi) is 5.11. The lowest BCUT2D eigenvalue weighted by atomic mass is 10.2. The summed E-state index contributed by atoms with van der Waals surface area (Å²) in [5, 5.41) is 3.45. The number of hydrogen-bond acceptors (Lipinski definition) is 2. The average Bonchev–Trinajstić information content (AvgIpc) is 2.65. The van der Waals surface area contributed by atoms with Crippen LogP contribution in [0.4, 0.5) is 5.69 Å². The van der Waals surface area contributed by atoms with Gasteiger partial charge in [0, 0.05) is 9.50 Å². The highest BCUT2D eigenvalue weighted by Gasteiger charge is 2.15. The second-order valence-corrected chi connectivity index (χ2v) is 8.78. The first-order chi connectivity index (χ1) is 8.88. The largest absolute Gasteiger partial charge is 0.321 e. The van der Waals surface area contributed by atoms with E-state index in [1.807, 2.05) is 13.0 Å². The van der Waals surface area contributed by atoms with Crippen LogP contribution in [0.3, 0.4) is 0 Å². The third kappa shape index (κ3) is 3.61. The van der Waals surface area contributed by atoms with Gasteiger partial charge in [-0.1, -0.05) is 11.6 Å². The number of halogens is 4. The van der Waals surface area contributed by atoms with E-state index in [1.165, 1.54) is 11.3 Å². The minimum atomic E-state index is -0.186. The quantitative estimate of drug-likeness (QED) is 0.532. The highest BCUT2D eigenvalue weighted by atomic mass is 79.9. The van der Waals surface area contributed by atoms with Gasteiger partial charge in [-0.25, -0.2) is 0 Å². The molecule has 100 valence electrons. The first-order valence-electron chi connectivity index (χ1n) is 5.10. The predicted octanol–water partition coefficient (Wildman–Crippen LogP) is 6.25. The van der Waals surface area contributed by atoms with Crippen molar-refractivity contribution in [3.8, 4) is 0 Å². The summed E-state index contributed by atoms with van der Waals surface area (Å²) >= 11 is 17.6. The summed E-state index contributed by atoms with van der Waals surface area (Å²) < 4.78 is 2.48. The van der Waals surface area contributed by atoms with Gasteiger partial charge in [0.05, 0.1) is 18.8 Å². The summed E-state index contributed by atoms with van der Waals surface area (Å²) in [5.74, 6) is -0.186. The number of benzene rings is 1. The number of hydrogen-bond donors (Lipinski definition) is 1. The molecule has 2 rings (SSSR count). The molecule has 0 radical (unpaired) electrons. The fourth-order valence-electron chi connectivity index (χ4n) is 1.43. The summed E-state index contributed by atoms with van der Waals surface area (Å²) in [5.41, 5.74) is 2.18. The smallest absolute Gasteiger partial charge is 0.257 e. The van der Waals surface area contributed by atoms with Crippen LogP contribution in [0, 0.1) is 6.92 Å². The van der Waals surface area contributed by atoms with Gasteiger partial charge in [0.2, 0.25) is 0 Å². The van der Waals surface area contributed by atoms with Gasteiger partial charge in [-0.3, -0.25) is 4.79 Å². The van der Waals surface area contributed by atoms with Crippen LogP contribution in [0.2, 0.25) is 5.02 Å². The Morgan fingerprint density at radius 3 is 2.53 bits per heavy atom. The third-order valence-corrected chi connectivity index (χ3v) is 5.80. The van der Waals surface area contributed by atoms with E-state index in [-0.39, 0.29) is 5.91 Å². The second-order valence-electron chi connectivity index (χ2n) is 3.77. The standard InChI is InChI=1S/C12H7Br3ClNOS/c1-5-2-7(13)9(4-8(5)16)17-12(18)6-3-10(14)19-11(6)15/h2-4H,1H3,(H,17,18). The molecule has 0 aliphatic carbocycles. The molecule has 1 aromatic carbocycles. The van der Waals surface area contributed by atoms with Crippen molar-refractivity contribution >= 4 is 82.3 Å².